The molecule has 1 amide bonds. The first-order chi connectivity index (χ1) is 9.76. The molecule has 3 heterocycles. The van der Waals surface area contributed by atoms with Gasteiger partial charge in [0.15, 0.2) is 5.82 Å². The Bertz CT molecular complexity index is 592. The van der Waals surface area contributed by atoms with E-state index in [0.29, 0.717) is 0 Å². The lowest BCUT2D eigenvalue weighted by molar-refractivity contribution is 0.0566. The van der Waals surface area contributed by atoms with Gasteiger partial charge in [0.2, 0.25) is 0 Å². The van der Waals surface area contributed by atoms with Crippen LogP contribution in [0.2, 0.25) is 0 Å². The quantitative estimate of drug-likeness (QED) is 0.736. The molecule has 21 heavy (non-hydrogen) atoms. The first-order valence-electron chi connectivity index (χ1n) is 7.51. The molecule has 2 aliphatic heterocycles. The van der Waals surface area contributed by atoms with Crippen LogP contribution < -0.4 is 9.80 Å². The molecular weight excluding hydrogens is 266 g/mol. The number of aryl methyl sites for hydroxylation is 2. The van der Waals surface area contributed by atoms with E-state index in [1.165, 1.54) is 0 Å². The fourth-order valence-electron chi connectivity index (χ4n) is 2.98. The summed E-state index contributed by atoms with van der Waals surface area (Å²) in [6.07, 6.45) is 0.680. The number of fused-ring (bicyclic) bond motifs is 4. The van der Waals surface area contributed by atoms with Crippen LogP contribution in [0.4, 0.5) is 16.3 Å². The molecule has 1 unspecified atom stereocenters. The predicted molar refractivity (Wildman–Crippen MR) is 83.0 cm³/mol. The van der Waals surface area contributed by atoms with Gasteiger partial charge in [-0.3, -0.25) is 4.90 Å². The zero-order valence-electron chi connectivity index (χ0n) is 13.4. The van der Waals surface area contributed by atoms with Crippen molar-refractivity contribution in [1.82, 2.24) is 4.98 Å². The number of rotatable bonds is 0. The van der Waals surface area contributed by atoms with Crippen LogP contribution >= 0.6 is 0 Å². The SMILES string of the molecule is Cc1cc2c(nc1C)N(C(=O)OC(C)(C)C)C1CCN2C1. The summed E-state index contributed by atoms with van der Waals surface area (Å²) in [7, 11) is 0. The second-order valence-corrected chi connectivity index (χ2v) is 6.97. The number of hydrogen-bond acceptors (Lipinski definition) is 4. The molecule has 0 spiro atoms. The Morgan fingerprint density at radius 2 is 2.10 bits per heavy atom. The first-order valence-corrected chi connectivity index (χ1v) is 7.51. The minimum Gasteiger partial charge on any atom is -0.443 e. The van der Waals surface area contributed by atoms with Gasteiger partial charge >= 0.3 is 6.09 Å². The third-order valence-corrected chi connectivity index (χ3v) is 4.11. The lowest BCUT2D eigenvalue weighted by Crippen LogP contribution is -2.48. The van der Waals surface area contributed by atoms with Crippen molar-refractivity contribution in [1.29, 1.82) is 0 Å². The maximum Gasteiger partial charge on any atom is 0.416 e. The van der Waals surface area contributed by atoms with Crippen LogP contribution in [-0.2, 0) is 4.74 Å². The number of hydrogen-bond donors (Lipinski definition) is 0. The average Bonchev–Trinajstić information content (AvgIpc) is 2.75. The standard InChI is InChI=1S/C16H23N3O2/c1-10-8-13-14(17-11(10)2)19(12-6-7-18(13)9-12)15(20)21-16(3,4)5/h8,12H,6-7,9H2,1-5H3. The molecule has 1 fully saturated rings. The van der Waals surface area contributed by atoms with Crippen molar-refractivity contribution in [2.75, 3.05) is 22.9 Å². The number of nitrogens with zero attached hydrogens (tertiary/aromatic N) is 3. The Morgan fingerprint density at radius 3 is 2.76 bits per heavy atom. The fraction of sp³-hybridized carbons (Fsp3) is 0.625. The molecule has 0 aromatic carbocycles. The minimum atomic E-state index is -0.493. The molecule has 3 rings (SSSR count). The van der Waals surface area contributed by atoms with E-state index in [1.807, 2.05) is 27.7 Å². The van der Waals surface area contributed by atoms with Crippen molar-refractivity contribution in [2.24, 2.45) is 0 Å². The molecule has 1 aromatic rings. The lowest BCUT2D eigenvalue weighted by Gasteiger charge is -2.37. The summed E-state index contributed by atoms with van der Waals surface area (Å²) in [5.74, 6) is 0.751. The smallest absolute Gasteiger partial charge is 0.416 e. The molecule has 2 bridgehead atoms. The minimum absolute atomic E-state index is 0.168. The van der Waals surface area contributed by atoms with E-state index in [-0.39, 0.29) is 12.1 Å². The van der Waals surface area contributed by atoms with Crippen molar-refractivity contribution in [3.63, 3.8) is 0 Å². The third kappa shape index (κ3) is 2.45. The topological polar surface area (TPSA) is 45.7 Å². The summed E-state index contributed by atoms with van der Waals surface area (Å²) < 4.78 is 5.58. The molecule has 114 valence electrons. The predicted octanol–water partition coefficient (Wildman–Crippen LogP) is 3.03. The Morgan fingerprint density at radius 1 is 1.38 bits per heavy atom. The van der Waals surface area contributed by atoms with Gasteiger partial charge in [-0.15, -0.1) is 0 Å². The number of carbonyl (C=O) groups is 1. The van der Waals surface area contributed by atoms with Crippen LogP contribution in [0.5, 0.6) is 0 Å². The van der Waals surface area contributed by atoms with Gasteiger partial charge in [0, 0.05) is 18.8 Å². The number of ether oxygens (including phenoxy) is 1. The van der Waals surface area contributed by atoms with Crippen LogP contribution in [0.3, 0.4) is 0 Å². The van der Waals surface area contributed by atoms with Gasteiger partial charge < -0.3 is 9.64 Å². The van der Waals surface area contributed by atoms with Gasteiger partial charge in [-0.2, -0.15) is 0 Å². The van der Waals surface area contributed by atoms with Gasteiger partial charge in [0.25, 0.3) is 0 Å². The van der Waals surface area contributed by atoms with Crippen molar-refractivity contribution >= 4 is 17.6 Å². The number of anilines is 2. The Hall–Kier alpha value is -1.78. The van der Waals surface area contributed by atoms with Crippen molar-refractivity contribution < 1.29 is 9.53 Å². The van der Waals surface area contributed by atoms with Crippen molar-refractivity contribution in [3.05, 3.63) is 17.3 Å². The van der Waals surface area contributed by atoms with E-state index in [1.54, 1.807) is 4.90 Å². The summed E-state index contributed by atoms with van der Waals surface area (Å²) in [6, 6.07) is 2.30. The third-order valence-electron chi connectivity index (χ3n) is 4.11. The monoisotopic (exact) mass is 289 g/mol. The zero-order valence-corrected chi connectivity index (χ0v) is 13.4. The highest BCUT2D eigenvalue weighted by Gasteiger charge is 2.42. The van der Waals surface area contributed by atoms with E-state index in [9.17, 15) is 4.79 Å². The van der Waals surface area contributed by atoms with E-state index >= 15 is 0 Å². The summed E-state index contributed by atoms with van der Waals surface area (Å²) in [5, 5.41) is 0. The summed E-state index contributed by atoms with van der Waals surface area (Å²) in [5.41, 5.74) is 2.68. The maximum absolute atomic E-state index is 12.6. The van der Waals surface area contributed by atoms with E-state index in [4.69, 9.17) is 4.74 Å². The molecule has 1 saturated heterocycles. The fourth-order valence-corrected chi connectivity index (χ4v) is 2.98. The number of amides is 1. The number of aromatic nitrogens is 1. The molecule has 0 radical (unpaired) electrons. The zero-order chi connectivity index (χ0) is 15.4. The lowest BCUT2D eigenvalue weighted by atomic mass is 10.1. The molecule has 0 saturated carbocycles. The number of pyridine rings is 1. The molecule has 1 aromatic heterocycles. The largest absolute Gasteiger partial charge is 0.443 e. The van der Waals surface area contributed by atoms with Crippen LogP contribution in [0.15, 0.2) is 6.07 Å². The van der Waals surface area contributed by atoms with Gasteiger partial charge in [0.05, 0.1) is 11.7 Å². The van der Waals surface area contributed by atoms with Gasteiger partial charge in [-0.1, -0.05) is 0 Å². The molecule has 0 aliphatic carbocycles. The van der Waals surface area contributed by atoms with E-state index < -0.39 is 5.60 Å². The highest BCUT2D eigenvalue weighted by Crippen LogP contribution is 2.40. The van der Waals surface area contributed by atoms with Gasteiger partial charge in [0.1, 0.15) is 5.60 Å². The Kier molecular flexibility index (Phi) is 3.11. The van der Waals surface area contributed by atoms with Crippen LogP contribution in [0, 0.1) is 13.8 Å². The van der Waals surface area contributed by atoms with Crippen LogP contribution in [0.25, 0.3) is 0 Å². The normalized spacial score (nSPS) is 20.5. The van der Waals surface area contributed by atoms with Crippen molar-refractivity contribution in [2.45, 2.75) is 52.7 Å². The molecular formula is C16H23N3O2. The summed E-state index contributed by atoms with van der Waals surface area (Å²) in [4.78, 5) is 21.4. The molecule has 5 heteroatoms. The van der Waals surface area contributed by atoms with E-state index in [0.717, 1.165) is 42.3 Å². The first kappa shape index (κ1) is 14.2. The maximum atomic E-state index is 12.6. The molecule has 0 N–H and O–H groups in total. The Labute approximate surface area is 125 Å². The summed E-state index contributed by atoms with van der Waals surface area (Å²) in [6.45, 7) is 11.6. The molecule has 5 nitrogen and oxygen atoms in total. The van der Waals surface area contributed by atoms with Crippen LogP contribution in [-0.4, -0.2) is 35.8 Å². The summed E-state index contributed by atoms with van der Waals surface area (Å²) >= 11 is 0. The second-order valence-electron chi connectivity index (χ2n) is 6.97. The van der Waals surface area contributed by atoms with Gasteiger partial charge in [-0.05, 0) is 52.7 Å². The van der Waals surface area contributed by atoms with Crippen molar-refractivity contribution in [3.8, 4) is 0 Å². The van der Waals surface area contributed by atoms with E-state index in [2.05, 4.69) is 22.9 Å². The molecule has 1 atom stereocenters. The van der Waals surface area contributed by atoms with Crippen LogP contribution in [0.1, 0.15) is 38.4 Å². The highest BCUT2D eigenvalue weighted by molar-refractivity contribution is 5.93. The van der Waals surface area contributed by atoms with Gasteiger partial charge in [-0.25, -0.2) is 9.78 Å². The molecule has 2 aliphatic rings. The Balaban J connectivity index is 2.03. The highest BCUT2D eigenvalue weighted by atomic mass is 16.6. The second kappa shape index (κ2) is 4.61. The average molecular weight is 289 g/mol. The number of carbonyl (C=O) groups excluding carboxylic acids is 1.